The lowest BCUT2D eigenvalue weighted by Crippen LogP contribution is -2.52. The number of nitrogens with zero attached hydrogens (tertiary/aromatic N) is 2. The van der Waals surface area contributed by atoms with Crippen molar-refractivity contribution in [2.45, 2.75) is 64.8 Å². The van der Waals surface area contributed by atoms with E-state index in [-0.39, 0.29) is 11.5 Å². The monoisotopic (exact) mass is 289 g/mol. The Labute approximate surface area is 127 Å². The van der Waals surface area contributed by atoms with Crippen LogP contribution in [0.2, 0.25) is 0 Å². The number of hydrogen-bond acceptors (Lipinski definition) is 2. The number of imidazole rings is 1. The van der Waals surface area contributed by atoms with Crippen LogP contribution < -0.4 is 0 Å². The first-order chi connectivity index (χ1) is 10.0. The highest BCUT2D eigenvalue weighted by Crippen LogP contribution is 2.37. The van der Waals surface area contributed by atoms with Crippen molar-refractivity contribution < 1.29 is 4.79 Å². The third-order valence-corrected chi connectivity index (χ3v) is 5.57. The van der Waals surface area contributed by atoms with E-state index in [0.717, 1.165) is 18.7 Å². The number of amides is 1. The summed E-state index contributed by atoms with van der Waals surface area (Å²) in [7, 11) is 0. The van der Waals surface area contributed by atoms with Gasteiger partial charge in [-0.15, -0.1) is 0 Å². The number of H-pyrrole nitrogens is 1. The zero-order valence-corrected chi connectivity index (χ0v) is 13.5. The summed E-state index contributed by atoms with van der Waals surface area (Å²) in [6.07, 6.45) is 8.99. The lowest BCUT2D eigenvalue weighted by Gasteiger charge is -2.44. The van der Waals surface area contributed by atoms with E-state index in [2.05, 4.69) is 35.6 Å². The first-order valence-corrected chi connectivity index (χ1v) is 8.36. The third kappa shape index (κ3) is 2.49. The molecule has 116 valence electrons. The number of nitrogens with one attached hydrogen (secondary N) is 1. The highest BCUT2D eigenvalue weighted by atomic mass is 16.2. The minimum Gasteiger partial charge on any atom is -0.348 e. The van der Waals surface area contributed by atoms with E-state index >= 15 is 0 Å². The van der Waals surface area contributed by atoms with Crippen LogP contribution in [0.5, 0.6) is 0 Å². The van der Waals surface area contributed by atoms with Crippen molar-refractivity contribution >= 4 is 5.91 Å². The molecule has 3 rings (SSSR count). The smallest absolute Gasteiger partial charge is 0.226 e. The van der Waals surface area contributed by atoms with Crippen LogP contribution in [-0.4, -0.2) is 27.3 Å². The predicted molar refractivity (Wildman–Crippen MR) is 82.8 cm³/mol. The molecule has 2 aliphatic rings. The normalized spacial score (nSPS) is 23.7. The van der Waals surface area contributed by atoms with Crippen molar-refractivity contribution in [1.82, 2.24) is 14.9 Å². The Morgan fingerprint density at radius 3 is 2.81 bits per heavy atom. The fourth-order valence-corrected chi connectivity index (χ4v) is 4.14. The van der Waals surface area contributed by atoms with Gasteiger partial charge in [0.15, 0.2) is 0 Å². The Bertz CT molecular complexity index is 514. The van der Waals surface area contributed by atoms with E-state index in [1.807, 2.05) is 0 Å². The second kappa shape index (κ2) is 5.47. The topological polar surface area (TPSA) is 49.0 Å². The van der Waals surface area contributed by atoms with Crippen molar-refractivity contribution in [3.8, 4) is 0 Å². The molecule has 4 heteroatoms. The second-order valence-electron chi connectivity index (χ2n) is 7.22. The molecule has 2 heterocycles. The summed E-state index contributed by atoms with van der Waals surface area (Å²) in [4.78, 5) is 22.8. The molecule has 1 aliphatic heterocycles. The number of aromatic nitrogens is 2. The molecule has 1 atom stereocenters. The lowest BCUT2D eigenvalue weighted by atomic mass is 9.79. The van der Waals surface area contributed by atoms with Crippen LogP contribution in [0.15, 0.2) is 6.33 Å². The van der Waals surface area contributed by atoms with E-state index in [1.165, 1.54) is 37.8 Å². The number of fused-ring (bicyclic) bond motifs is 1. The lowest BCUT2D eigenvalue weighted by molar-refractivity contribution is -0.144. The standard InChI is InChI=1S/C17H27N3O/c1-12(13-7-5-4-6-8-13)16(21)20-10-9-14-15(17(20,2)3)19-11-18-14/h11-13H,4-10H2,1-3H3,(H,18,19). The molecule has 0 spiro atoms. The fraction of sp³-hybridized carbons (Fsp3) is 0.765. The van der Waals surface area contributed by atoms with Gasteiger partial charge in [0.1, 0.15) is 0 Å². The Hall–Kier alpha value is -1.32. The molecule has 1 fully saturated rings. The van der Waals surface area contributed by atoms with Gasteiger partial charge in [-0.1, -0.05) is 26.2 Å². The molecule has 0 radical (unpaired) electrons. The van der Waals surface area contributed by atoms with Crippen molar-refractivity contribution in [3.63, 3.8) is 0 Å². The molecule has 0 bridgehead atoms. The fourth-order valence-electron chi connectivity index (χ4n) is 4.14. The van der Waals surface area contributed by atoms with Crippen LogP contribution in [-0.2, 0) is 16.8 Å². The van der Waals surface area contributed by atoms with E-state index in [9.17, 15) is 4.79 Å². The Morgan fingerprint density at radius 1 is 1.38 bits per heavy atom. The van der Waals surface area contributed by atoms with Gasteiger partial charge in [0.05, 0.1) is 17.6 Å². The summed E-state index contributed by atoms with van der Waals surface area (Å²) in [5, 5.41) is 0. The van der Waals surface area contributed by atoms with E-state index in [4.69, 9.17) is 0 Å². The average molecular weight is 289 g/mol. The van der Waals surface area contributed by atoms with Crippen LogP contribution in [0.25, 0.3) is 0 Å². The summed E-state index contributed by atoms with van der Waals surface area (Å²) in [6.45, 7) is 7.18. The van der Waals surface area contributed by atoms with Gasteiger partial charge >= 0.3 is 0 Å². The van der Waals surface area contributed by atoms with Crippen LogP contribution in [0.4, 0.5) is 0 Å². The summed E-state index contributed by atoms with van der Waals surface area (Å²) >= 11 is 0. The van der Waals surface area contributed by atoms with Gasteiger partial charge in [-0.25, -0.2) is 4.98 Å². The average Bonchev–Trinajstić information content (AvgIpc) is 2.97. The largest absolute Gasteiger partial charge is 0.348 e. The number of hydrogen-bond donors (Lipinski definition) is 1. The van der Waals surface area contributed by atoms with Gasteiger partial charge in [-0.05, 0) is 32.6 Å². The van der Waals surface area contributed by atoms with Gasteiger partial charge in [0.2, 0.25) is 5.91 Å². The number of carbonyl (C=O) groups excluding carboxylic acids is 1. The molecule has 1 N–H and O–H groups in total. The Kier molecular flexibility index (Phi) is 3.80. The summed E-state index contributed by atoms with van der Waals surface area (Å²) in [5.41, 5.74) is 1.93. The van der Waals surface area contributed by atoms with Gasteiger partial charge in [0, 0.05) is 24.6 Å². The maximum Gasteiger partial charge on any atom is 0.226 e. The van der Waals surface area contributed by atoms with E-state index in [1.54, 1.807) is 6.33 Å². The van der Waals surface area contributed by atoms with Crippen molar-refractivity contribution in [3.05, 3.63) is 17.7 Å². The SMILES string of the molecule is CC(C(=O)N1CCc2[nH]cnc2C1(C)C)C1CCCCC1. The minimum atomic E-state index is -0.298. The Morgan fingerprint density at radius 2 is 2.10 bits per heavy atom. The molecule has 1 aromatic heterocycles. The molecule has 21 heavy (non-hydrogen) atoms. The number of aromatic amines is 1. The summed E-state index contributed by atoms with van der Waals surface area (Å²) in [6, 6.07) is 0. The van der Waals surface area contributed by atoms with Crippen molar-refractivity contribution in [2.24, 2.45) is 11.8 Å². The van der Waals surface area contributed by atoms with E-state index < -0.39 is 0 Å². The highest BCUT2D eigenvalue weighted by Gasteiger charge is 2.41. The van der Waals surface area contributed by atoms with Crippen molar-refractivity contribution in [2.75, 3.05) is 6.54 Å². The quantitative estimate of drug-likeness (QED) is 0.908. The number of carbonyl (C=O) groups is 1. The number of rotatable bonds is 2. The molecule has 4 nitrogen and oxygen atoms in total. The van der Waals surface area contributed by atoms with Crippen molar-refractivity contribution in [1.29, 1.82) is 0 Å². The van der Waals surface area contributed by atoms with Gasteiger partial charge in [0.25, 0.3) is 0 Å². The first-order valence-electron chi connectivity index (χ1n) is 8.36. The molecule has 1 saturated carbocycles. The van der Waals surface area contributed by atoms with Crippen LogP contribution in [0.3, 0.4) is 0 Å². The van der Waals surface area contributed by atoms with Gasteiger partial charge in [-0.2, -0.15) is 0 Å². The second-order valence-corrected chi connectivity index (χ2v) is 7.22. The molecule has 0 aromatic carbocycles. The molecule has 0 saturated heterocycles. The van der Waals surface area contributed by atoms with E-state index in [0.29, 0.717) is 11.8 Å². The van der Waals surface area contributed by atoms with Crippen LogP contribution >= 0.6 is 0 Å². The van der Waals surface area contributed by atoms with Crippen LogP contribution in [0, 0.1) is 11.8 Å². The zero-order chi connectivity index (χ0) is 15.0. The molecule has 1 unspecified atom stereocenters. The molecule has 1 aliphatic carbocycles. The molecular weight excluding hydrogens is 262 g/mol. The molecular formula is C17H27N3O. The first kappa shape index (κ1) is 14.6. The van der Waals surface area contributed by atoms with Gasteiger partial charge < -0.3 is 9.88 Å². The maximum absolute atomic E-state index is 13.0. The predicted octanol–water partition coefficient (Wildman–Crippen LogP) is 3.25. The highest BCUT2D eigenvalue weighted by molar-refractivity contribution is 5.80. The molecule has 1 amide bonds. The van der Waals surface area contributed by atoms with Gasteiger partial charge in [-0.3, -0.25) is 4.79 Å². The molecule has 1 aromatic rings. The Balaban J connectivity index is 1.78. The zero-order valence-electron chi connectivity index (χ0n) is 13.5. The van der Waals surface area contributed by atoms with Crippen LogP contribution in [0.1, 0.15) is 64.3 Å². The minimum absolute atomic E-state index is 0.144. The summed E-state index contributed by atoms with van der Waals surface area (Å²) < 4.78 is 0. The summed E-state index contributed by atoms with van der Waals surface area (Å²) in [5.74, 6) is 1.04. The third-order valence-electron chi connectivity index (χ3n) is 5.57. The maximum atomic E-state index is 13.0.